The van der Waals surface area contributed by atoms with E-state index in [0.29, 0.717) is 38.6 Å². The minimum atomic E-state index is -1.04. The second-order valence-corrected chi connectivity index (χ2v) is 12.1. The van der Waals surface area contributed by atoms with E-state index < -0.39 is 47.8 Å². The summed E-state index contributed by atoms with van der Waals surface area (Å²) in [5, 5.41) is 18.3. The van der Waals surface area contributed by atoms with Crippen molar-refractivity contribution in [2.45, 2.75) is 102 Å². The summed E-state index contributed by atoms with van der Waals surface area (Å²) in [4.78, 5) is 74.0. The summed E-state index contributed by atoms with van der Waals surface area (Å²) in [6.07, 6.45) is 6.49. The Balaban J connectivity index is 1.66. The number of piperidine rings is 1. The number of unbranched alkanes of at least 4 members (excludes halogenated alkanes) is 2. The Hall–Kier alpha value is -4.13. The molecule has 13 heteroatoms. The van der Waals surface area contributed by atoms with E-state index in [1.54, 1.807) is 28.4 Å². The summed E-state index contributed by atoms with van der Waals surface area (Å²) >= 11 is 0. The molecule has 4 rings (SSSR count). The number of amides is 5. The van der Waals surface area contributed by atoms with Crippen molar-refractivity contribution in [1.82, 2.24) is 31.1 Å². The van der Waals surface area contributed by atoms with Gasteiger partial charge in [-0.3, -0.25) is 29.2 Å². The normalized spacial score (nSPS) is 23.6. The number of para-hydroxylation sites is 1. The van der Waals surface area contributed by atoms with Gasteiger partial charge in [-0.2, -0.15) is 4.73 Å². The van der Waals surface area contributed by atoms with Crippen molar-refractivity contribution in [3.63, 3.8) is 0 Å². The van der Waals surface area contributed by atoms with E-state index in [9.17, 15) is 24.0 Å². The van der Waals surface area contributed by atoms with Crippen molar-refractivity contribution in [3.05, 3.63) is 36.0 Å². The van der Waals surface area contributed by atoms with Gasteiger partial charge in [0.1, 0.15) is 31.3 Å². The van der Waals surface area contributed by atoms with Crippen LogP contribution in [0.4, 0.5) is 0 Å². The van der Waals surface area contributed by atoms with Crippen molar-refractivity contribution in [1.29, 1.82) is 0 Å². The quantitative estimate of drug-likeness (QED) is 0.143. The molecule has 0 radical (unpaired) electrons. The number of rotatable bonds is 11. The first-order chi connectivity index (χ1) is 21.7. The molecular formula is C32H46N6O7. The number of fused-ring (bicyclic) bond motifs is 2. The zero-order valence-corrected chi connectivity index (χ0v) is 26.3. The van der Waals surface area contributed by atoms with Gasteiger partial charge in [-0.05, 0) is 49.7 Å². The summed E-state index contributed by atoms with van der Waals surface area (Å²) in [5.74, 6) is -2.36. The van der Waals surface area contributed by atoms with Crippen molar-refractivity contribution in [2.75, 3.05) is 13.7 Å². The first-order valence-electron chi connectivity index (χ1n) is 16.0. The Morgan fingerprint density at radius 3 is 2.49 bits per heavy atom. The van der Waals surface area contributed by atoms with Crippen LogP contribution in [0.2, 0.25) is 0 Å². The fourth-order valence-electron chi connectivity index (χ4n) is 6.22. The van der Waals surface area contributed by atoms with Crippen molar-refractivity contribution in [3.8, 4) is 0 Å². The van der Waals surface area contributed by atoms with Crippen LogP contribution in [0.3, 0.4) is 0 Å². The molecular weight excluding hydrogens is 580 g/mol. The number of hydrogen-bond donors (Lipinski definition) is 5. The minimum absolute atomic E-state index is 0.124. The lowest BCUT2D eigenvalue weighted by Crippen LogP contribution is -2.64. The Morgan fingerprint density at radius 2 is 1.76 bits per heavy atom. The Labute approximate surface area is 263 Å². The van der Waals surface area contributed by atoms with Gasteiger partial charge in [-0.15, -0.1) is 0 Å². The van der Waals surface area contributed by atoms with Gasteiger partial charge in [-0.25, -0.2) is 5.48 Å². The number of carbonyl (C=O) groups excluding carboxylic acids is 5. The molecule has 1 aromatic carbocycles. The lowest BCUT2D eigenvalue weighted by atomic mass is 9.93. The molecule has 5 amide bonds. The molecule has 13 nitrogen and oxygen atoms in total. The predicted octanol–water partition coefficient (Wildman–Crippen LogP) is 1.59. The van der Waals surface area contributed by atoms with Crippen LogP contribution in [0.25, 0.3) is 10.9 Å². The molecule has 246 valence electrons. The summed E-state index contributed by atoms with van der Waals surface area (Å²) in [6.45, 7) is 4.23. The van der Waals surface area contributed by atoms with Gasteiger partial charge in [0.05, 0.1) is 5.52 Å². The van der Waals surface area contributed by atoms with Gasteiger partial charge < -0.3 is 25.7 Å². The smallest absolute Gasteiger partial charge is 0.246 e. The Morgan fingerprint density at radius 1 is 1.02 bits per heavy atom. The van der Waals surface area contributed by atoms with E-state index in [1.165, 1.54) is 0 Å². The molecule has 2 aliphatic heterocycles. The fourth-order valence-corrected chi connectivity index (χ4v) is 6.22. The Bertz CT molecular complexity index is 1380. The van der Waals surface area contributed by atoms with Crippen LogP contribution >= 0.6 is 0 Å². The van der Waals surface area contributed by atoms with Gasteiger partial charge in [0.2, 0.25) is 29.5 Å². The monoisotopic (exact) mass is 626 g/mol. The molecule has 0 spiro atoms. The van der Waals surface area contributed by atoms with Crippen LogP contribution in [0, 0.1) is 5.92 Å². The van der Waals surface area contributed by atoms with E-state index in [0.717, 1.165) is 29.3 Å². The third-order valence-corrected chi connectivity index (χ3v) is 9.03. The molecule has 0 unspecified atom stereocenters. The lowest BCUT2D eigenvalue weighted by molar-refractivity contribution is -0.147. The zero-order valence-electron chi connectivity index (χ0n) is 26.3. The second kappa shape index (κ2) is 15.7. The first-order valence-corrected chi connectivity index (χ1v) is 16.0. The van der Waals surface area contributed by atoms with Crippen LogP contribution in [-0.2, 0) is 30.4 Å². The van der Waals surface area contributed by atoms with Gasteiger partial charge >= 0.3 is 0 Å². The highest BCUT2D eigenvalue weighted by atomic mass is 16.6. The predicted molar refractivity (Wildman–Crippen MR) is 166 cm³/mol. The number of nitrogens with zero attached hydrogens (tertiary/aromatic N) is 2. The maximum atomic E-state index is 14.0. The number of benzene rings is 1. The number of carbonyl (C=O) groups is 5. The zero-order chi connectivity index (χ0) is 32.5. The van der Waals surface area contributed by atoms with Crippen LogP contribution in [-0.4, -0.2) is 82.2 Å². The van der Waals surface area contributed by atoms with Crippen molar-refractivity contribution < 1.29 is 34.0 Å². The van der Waals surface area contributed by atoms with E-state index in [1.807, 2.05) is 38.1 Å². The summed E-state index contributed by atoms with van der Waals surface area (Å²) in [6, 6.07) is 3.97. The maximum Gasteiger partial charge on any atom is 0.246 e. The van der Waals surface area contributed by atoms with Gasteiger partial charge in [0.25, 0.3) is 0 Å². The van der Waals surface area contributed by atoms with E-state index in [2.05, 4.69) is 16.0 Å². The number of nitrogens with one attached hydrogen (secondary N) is 4. The van der Waals surface area contributed by atoms with Crippen molar-refractivity contribution in [2.24, 2.45) is 5.92 Å². The standard InChI is InChI=1S/C32H46N6O7/c1-4-20(2)28-32(43)37-17-11-10-15-26(37)31(42)33-23(13-6-5-7-16-27(39)36-44)29(40)34-24(30(41)35-28)18-21-19-38(45-3)25-14-9-8-12-22(21)25/h8-9,12,14,19-20,23-24,26,28,44H,4-7,10-11,13,15-18H2,1-3H3,(H,33,42)(H,34,40)(H,35,41)(H,36,39)/t20-,23-,24-,26+,28-/m0/s1. The topological polar surface area (TPSA) is 171 Å². The van der Waals surface area contributed by atoms with Crippen LogP contribution in [0.5, 0.6) is 0 Å². The molecule has 1 aromatic heterocycles. The highest BCUT2D eigenvalue weighted by Gasteiger charge is 2.40. The van der Waals surface area contributed by atoms with Crippen molar-refractivity contribution >= 4 is 40.4 Å². The summed E-state index contributed by atoms with van der Waals surface area (Å²) in [5.41, 5.74) is 3.18. The number of hydrogen-bond acceptors (Lipinski definition) is 7. The molecule has 0 bridgehead atoms. The minimum Gasteiger partial charge on any atom is -0.417 e. The molecule has 2 fully saturated rings. The van der Waals surface area contributed by atoms with E-state index in [4.69, 9.17) is 10.0 Å². The lowest BCUT2D eigenvalue weighted by Gasteiger charge is -2.39. The average Bonchev–Trinajstić information content (AvgIpc) is 3.41. The van der Waals surface area contributed by atoms with Gasteiger partial charge in [0, 0.05) is 31.0 Å². The Kier molecular flexibility index (Phi) is 11.8. The molecule has 2 saturated heterocycles. The van der Waals surface area contributed by atoms with Crippen LogP contribution in [0.1, 0.15) is 77.2 Å². The molecule has 0 aliphatic carbocycles. The highest BCUT2D eigenvalue weighted by Crippen LogP contribution is 2.24. The van der Waals surface area contributed by atoms with Crippen LogP contribution in [0.15, 0.2) is 30.5 Å². The van der Waals surface area contributed by atoms with Gasteiger partial charge in [-0.1, -0.05) is 51.3 Å². The third-order valence-electron chi connectivity index (χ3n) is 9.03. The highest BCUT2D eigenvalue weighted by molar-refractivity contribution is 5.98. The summed E-state index contributed by atoms with van der Waals surface area (Å²) < 4.78 is 1.60. The maximum absolute atomic E-state index is 14.0. The third kappa shape index (κ3) is 8.13. The molecule has 0 saturated carbocycles. The SMILES string of the molecule is CC[C@H](C)[C@@H]1NC(=O)[C@H](Cc2cn(OC)c3ccccc23)NC(=O)[C@H](CCCCCC(=O)NO)NC(=O)[C@H]2CCCCN2C1=O. The van der Waals surface area contributed by atoms with Crippen LogP contribution < -0.4 is 26.3 Å². The molecule has 5 atom stereocenters. The van der Waals surface area contributed by atoms with Gasteiger partial charge in [0.15, 0.2) is 0 Å². The summed E-state index contributed by atoms with van der Waals surface area (Å²) in [7, 11) is 1.54. The molecule has 5 N–H and O–H groups in total. The largest absolute Gasteiger partial charge is 0.417 e. The number of hydroxylamine groups is 1. The first kappa shape index (κ1) is 33.8. The molecule has 3 heterocycles. The molecule has 2 aliphatic rings. The average molecular weight is 627 g/mol. The number of aromatic nitrogens is 1. The molecule has 45 heavy (non-hydrogen) atoms. The molecule has 2 aromatic rings. The van der Waals surface area contributed by atoms with E-state index >= 15 is 0 Å². The fraction of sp³-hybridized carbons (Fsp3) is 0.594. The van der Waals surface area contributed by atoms with E-state index in [-0.39, 0.29) is 31.1 Å². The second-order valence-electron chi connectivity index (χ2n) is 12.1.